The molecule has 112 valence electrons. The molecule has 0 radical (unpaired) electrons. The molecule has 0 aromatic heterocycles. The molecule has 0 aliphatic carbocycles. The number of halogens is 3. The van der Waals surface area contributed by atoms with Crippen molar-refractivity contribution in [1.29, 1.82) is 0 Å². The maximum Gasteiger partial charge on any atom is 0.390 e. The lowest BCUT2D eigenvalue weighted by molar-refractivity contribution is -0.148. The minimum Gasteiger partial charge on any atom is -0.504 e. The number of benzene rings is 1. The molecule has 1 aliphatic heterocycles. The summed E-state index contributed by atoms with van der Waals surface area (Å²) in [5, 5.41) is 21.8. The highest BCUT2D eigenvalue weighted by atomic mass is 19.4. The maximum absolute atomic E-state index is 12.8. The summed E-state index contributed by atoms with van der Waals surface area (Å²) in [5.41, 5.74) is 0.361. The Bertz CT molecular complexity index is 459. The van der Waals surface area contributed by atoms with E-state index in [1.54, 1.807) is 4.90 Å². The molecule has 1 aliphatic rings. The fourth-order valence-corrected chi connectivity index (χ4v) is 2.42. The first kappa shape index (κ1) is 14.9. The molecule has 1 aromatic rings. The molecule has 7 heteroatoms. The molecular weight excluding hydrogens is 273 g/mol. The van der Waals surface area contributed by atoms with Gasteiger partial charge in [-0.15, -0.1) is 0 Å². The van der Waals surface area contributed by atoms with Crippen LogP contribution < -0.4 is 5.32 Å². The standard InChI is InChI=1S/C13H17F3N2O2/c14-13(15,16)8-10(18-5-3-17-4-6-18)9-1-2-11(19)12(20)7-9/h1-2,7,10,17,19-20H,3-6,8H2/t10-/m0/s1. The summed E-state index contributed by atoms with van der Waals surface area (Å²) in [6, 6.07) is 3.00. The van der Waals surface area contributed by atoms with Crippen molar-refractivity contribution >= 4 is 0 Å². The fraction of sp³-hybridized carbons (Fsp3) is 0.538. The van der Waals surface area contributed by atoms with Gasteiger partial charge in [0.25, 0.3) is 0 Å². The van der Waals surface area contributed by atoms with Crippen molar-refractivity contribution in [2.75, 3.05) is 26.2 Å². The van der Waals surface area contributed by atoms with Gasteiger partial charge >= 0.3 is 6.18 Å². The molecule has 0 unspecified atom stereocenters. The number of nitrogens with zero attached hydrogens (tertiary/aromatic N) is 1. The van der Waals surface area contributed by atoms with E-state index in [1.165, 1.54) is 18.2 Å². The normalized spacial score (nSPS) is 18.9. The number of aromatic hydroxyl groups is 2. The second-order valence-electron chi connectivity index (χ2n) is 4.87. The minimum absolute atomic E-state index is 0.334. The van der Waals surface area contributed by atoms with Crippen molar-refractivity contribution in [2.24, 2.45) is 0 Å². The van der Waals surface area contributed by atoms with Gasteiger partial charge in [-0.25, -0.2) is 0 Å². The van der Waals surface area contributed by atoms with Gasteiger partial charge in [-0.1, -0.05) is 6.07 Å². The number of hydrogen-bond acceptors (Lipinski definition) is 4. The molecule has 0 amide bonds. The lowest BCUT2D eigenvalue weighted by Gasteiger charge is -2.35. The fourth-order valence-electron chi connectivity index (χ4n) is 2.42. The summed E-state index contributed by atoms with van der Waals surface area (Å²) in [4.78, 5) is 1.75. The van der Waals surface area contributed by atoms with E-state index in [9.17, 15) is 23.4 Å². The SMILES string of the molecule is Oc1ccc([C@H](CC(F)(F)F)N2CCNCC2)cc1O. The van der Waals surface area contributed by atoms with Crippen molar-refractivity contribution in [3.05, 3.63) is 23.8 Å². The van der Waals surface area contributed by atoms with E-state index in [4.69, 9.17) is 0 Å². The smallest absolute Gasteiger partial charge is 0.390 e. The third kappa shape index (κ3) is 3.77. The topological polar surface area (TPSA) is 55.7 Å². The highest BCUT2D eigenvalue weighted by molar-refractivity contribution is 5.41. The van der Waals surface area contributed by atoms with Crippen molar-refractivity contribution < 1.29 is 23.4 Å². The monoisotopic (exact) mass is 290 g/mol. The van der Waals surface area contributed by atoms with E-state index >= 15 is 0 Å². The Kier molecular flexibility index (Phi) is 4.39. The Morgan fingerprint density at radius 2 is 1.80 bits per heavy atom. The van der Waals surface area contributed by atoms with Crippen LogP contribution in [-0.2, 0) is 0 Å². The molecule has 0 saturated carbocycles. The number of phenols is 2. The van der Waals surface area contributed by atoms with Crippen molar-refractivity contribution in [3.63, 3.8) is 0 Å². The van der Waals surface area contributed by atoms with E-state index in [1.807, 2.05) is 0 Å². The zero-order valence-corrected chi connectivity index (χ0v) is 10.8. The number of hydrogen-bond donors (Lipinski definition) is 3. The minimum atomic E-state index is -4.29. The molecule has 1 saturated heterocycles. The van der Waals surface area contributed by atoms with Gasteiger partial charge in [0.2, 0.25) is 0 Å². The summed E-state index contributed by atoms with van der Waals surface area (Å²) >= 11 is 0. The lowest BCUT2D eigenvalue weighted by Crippen LogP contribution is -2.46. The van der Waals surface area contributed by atoms with Crippen LogP contribution in [0.25, 0.3) is 0 Å². The van der Waals surface area contributed by atoms with Gasteiger partial charge in [-0.3, -0.25) is 4.90 Å². The van der Waals surface area contributed by atoms with Crippen molar-refractivity contribution in [1.82, 2.24) is 10.2 Å². The van der Waals surface area contributed by atoms with Crippen molar-refractivity contribution in [3.8, 4) is 11.5 Å². The largest absolute Gasteiger partial charge is 0.504 e. The van der Waals surface area contributed by atoms with Gasteiger partial charge in [0, 0.05) is 32.2 Å². The molecule has 2 rings (SSSR count). The summed E-state index contributed by atoms with van der Waals surface area (Å²) in [6.07, 6.45) is -5.26. The van der Waals surface area contributed by atoms with Crippen LogP contribution in [0, 0.1) is 0 Å². The van der Waals surface area contributed by atoms with Crippen LogP contribution in [0.4, 0.5) is 13.2 Å². The molecule has 0 spiro atoms. The lowest BCUT2D eigenvalue weighted by atomic mass is 10.00. The van der Waals surface area contributed by atoms with Crippen LogP contribution in [-0.4, -0.2) is 47.5 Å². The molecule has 1 aromatic carbocycles. The molecule has 20 heavy (non-hydrogen) atoms. The number of phenolic OH excluding ortho intramolecular Hbond substituents is 2. The van der Waals surface area contributed by atoms with Gasteiger partial charge < -0.3 is 15.5 Å². The van der Waals surface area contributed by atoms with Gasteiger partial charge in [-0.2, -0.15) is 13.2 Å². The third-order valence-corrected chi connectivity index (χ3v) is 3.40. The summed E-state index contributed by atoms with van der Waals surface area (Å²) in [7, 11) is 0. The predicted molar refractivity (Wildman–Crippen MR) is 67.6 cm³/mol. The van der Waals surface area contributed by atoms with E-state index in [0.29, 0.717) is 31.7 Å². The number of rotatable bonds is 3. The Hall–Kier alpha value is -1.47. The quantitative estimate of drug-likeness (QED) is 0.745. The van der Waals surface area contributed by atoms with E-state index < -0.39 is 24.4 Å². The van der Waals surface area contributed by atoms with Crippen molar-refractivity contribution in [2.45, 2.75) is 18.6 Å². The first-order valence-electron chi connectivity index (χ1n) is 6.40. The average Bonchev–Trinajstić information content (AvgIpc) is 2.39. The Morgan fingerprint density at radius 1 is 1.15 bits per heavy atom. The maximum atomic E-state index is 12.8. The molecular formula is C13H17F3N2O2. The van der Waals surface area contributed by atoms with Gasteiger partial charge in [0.05, 0.1) is 6.42 Å². The summed E-state index contributed by atoms with van der Waals surface area (Å²) in [6.45, 7) is 2.31. The summed E-state index contributed by atoms with van der Waals surface area (Å²) < 4.78 is 38.3. The molecule has 4 nitrogen and oxygen atoms in total. The highest BCUT2D eigenvalue weighted by Gasteiger charge is 2.36. The number of alkyl halides is 3. The van der Waals surface area contributed by atoms with E-state index in [0.717, 1.165) is 0 Å². The molecule has 1 atom stereocenters. The predicted octanol–water partition coefficient (Wildman–Crippen LogP) is 2.00. The molecule has 3 N–H and O–H groups in total. The van der Waals surface area contributed by atoms with Crippen LogP contribution in [0.5, 0.6) is 11.5 Å². The molecule has 1 fully saturated rings. The van der Waals surface area contributed by atoms with Crippen LogP contribution in [0.2, 0.25) is 0 Å². The zero-order valence-electron chi connectivity index (χ0n) is 10.8. The average molecular weight is 290 g/mol. The van der Waals surface area contributed by atoms with E-state index in [-0.39, 0.29) is 5.75 Å². The first-order valence-corrected chi connectivity index (χ1v) is 6.40. The van der Waals surface area contributed by atoms with Gasteiger partial charge in [-0.05, 0) is 17.7 Å². The second-order valence-corrected chi connectivity index (χ2v) is 4.87. The number of piperazine rings is 1. The number of nitrogens with one attached hydrogen (secondary N) is 1. The Morgan fingerprint density at radius 3 is 2.35 bits per heavy atom. The third-order valence-electron chi connectivity index (χ3n) is 3.40. The van der Waals surface area contributed by atoms with Crippen LogP contribution in [0.15, 0.2) is 18.2 Å². The van der Waals surface area contributed by atoms with Gasteiger partial charge in [0.15, 0.2) is 11.5 Å². The van der Waals surface area contributed by atoms with E-state index in [2.05, 4.69) is 5.32 Å². The zero-order chi connectivity index (χ0) is 14.8. The first-order chi connectivity index (χ1) is 9.37. The second kappa shape index (κ2) is 5.88. The van der Waals surface area contributed by atoms with Gasteiger partial charge in [0.1, 0.15) is 0 Å². The van der Waals surface area contributed by atoms with Crippen LogP contribution in [0.1, 0.15) is 18.0 Å². The Balaban J connectivity index is 2.26. The highest BCUT2D eigenvalue weighted by Crippen LogP contribution is 2.37. The Labute approximate surface area is 114 Å². The van der Waals surface area contributed by atoms with Crippen LogP contribution >= 0.6 is 0 Å². The molecule has 1 heterocycles. The van der Waals surface area contributed by atoms with Crippen LogP contribution in [0.3, 0.4) is 0 Å². The molecule has 0 bridgehead atoms. The summed E-state index contributed by atoms with van der Waals surface area (Å²) in [5.74, 6) is -0.732.